The fraction of sp³-hybridized carbons (Fsp3) is 0.300. The molecule has 2 aromatic carbocycles. The Morgan fingerprint density at radius 3 is 2.43 bits per heavy atom. The van der Waals surface area contributed by atoms with E-state index in [0.717, 1.165) is 11.1 Å². The van der Waals surface area contributed by atoms with E-state index < -0.39 is 30.7 Å². The molecular weight excluding hydrogens is 370 g/mol. The molecule has 1 aliphatic rings. The Morgan fingerprint density at radius 1 is 1.11 bits per heavy atom. The molecule has 0 aromatic heterocycles. The lowest BCUT2D eigenvalue weighted by molar-refractivity contribution is -0.252. The number of alkyl halides is 2. The van der Waals surface area contributed by atoms with Crippen LogP contribution in [0.4, 0.5) is 13.6 Å². The quantitative estimate of drug-likeness (QED) is 0.792. The van der Waals surface area contributed by atoms with E-state index in [9.17, 15) is 23.5 Å². The van der Waals surface area contributed by atoms with Crippen LogP contribution in [0.3, 0.4) is 0 Å². The number of carbonyl (C=O) groups is 2. The zero-order chi connectivity index (χ0) is 20.3. The maximum Gasteiger partial charge on any atom is 0.387 e. The maximum atomic E-state index is 12.7. The minimum absolute atomic E-state index is 0.0100. The van der Waals surface area contributed by atoms with E-state index in [4.69, 9.17) is 0 Å². The first-order valence-electron chi connectivity index (χ1n) is 8.75. The predicted molar refractivity (Wildman–Crippen MR) is 94.8 cm³/mol. The van der Waals surface area contributed by atoms with Gasteiger partial charge in [0, 0.05) is 0 Å². The molecular formula is C20H19F2N2O4-. The number of nitrogens with one attached hydrogen (secondary N) is 2. The van der Waals surface area contributed by atoms with E-state index >= 15 is 0 Å². The summed E-state index contributed by atoms with van der Waals surface area (Å²) in [6, 6.07) is 12.1. The van der Waals surface area contributed by atoms with Gasteiger partial charge in [0.05, 0.1) is 18.0 Å². The van der Waals surface area contributed by atoms with Crippen molar-refractivity contribution in [2.45, 2.75) is 38.0 Å². The van der Waals surface area contributed by atoms with Gasteiger partial charge in [-0.1, -0.05) is 36.4 Å². The molecule has 0 aliphatic heterocycles. The molecule has 0 heterocycles. The van der Waals surface area contributed by atoms with E-state index in [1.165, 1.54) is 12.1 Å². The molecule has 0 spiro atoms. The van der Waals surface area contributed by atoms with Gasteiger partial charge in [0.25, 0.3) is 0 Å². The smallest absolute Gasteiger partial charge is 0.387 e. The van der Waals surface area contributed by atoms with Crippen LogP contribution in [0.15, 0.2) is 48.5 Å². The number of amides is 2. The molecule has 8 heteroatoms. The zero-order valence-electron chi connectivity index (χ0n) is 15.0. The molecule has 6 nitrogen and oxygen atoms in total. The summed E-state index contributed by atoms with van der Waals surface area (Å²) in [5, 5.41) is 16.3. The number of fused-ring (bicyclic) bond motifs is 1. The van der Waals surface area contributed by atoms with E-state index in [0.29, 0.717) is 12.0 Å². The molecule has 1 unspecified atom stereocenters. The third-order valence-corrected chi connectivity index (χ3v) is 4.83. The van der Waals surface area contributed by atoms with Gasteiger partial charge < -0.3 is 25.3 Å². The van der Waals surface area contributed by atoms with Crippen molar-refractivity contribution >= 4 is 12.0 Å². The Bertz CT molecular complexity index is 858. The average Bonchev–Trinajstić information content (AvgIpc) is 2.98. The lowest BCUT2D eigenvalue weighted by atomic mass is 9.99. The Hall–Kier alpha value is -3.16. The molecule has 0 fully saturated rings. The van der Waals surface area contributed by atoms with Crippen LogP contribution >= 0.6 is 0 Å². The zero-order valence-corrected chi connectivity index (χ0v) is 15.0. The van der Waals surface area contributed by atoms with Gasteiger partial charge in [-0.2, -0.15) is 8.78 Å². The van der Waals surface area contributed by atoms with Gasteiger partial charge >= 0.3 is 6.61 Å². The number of hydrogen-bond acceptors (Lipinski definition) is 4. The van der Waals surface area contributed by atoms with Crippen molar-refractivity contribution in [3.63, 3.8) is 0 Å². The van der Waals surface area contributed by atoms with Crippen LogP contribution in [0.1, 0.15) is 35.6 Å². The molecule has 2 amide bonds. The van der Waals surface area contributed by atoms with Gasteiger partial charge in [-0.3, -0.25) is 4.79 Å². The summed E-state index contributed by atoms with van der Waals surface area (Å²) in [4.78, 5) is 23.8. The van der Waals surface area contributed by atoms with Crippen LogP contribution in [0.5, 0.6) is 5.75 Å². The van der Waals surface area contributed by atoms with Crippen molar-refractivity contribution in [3.8, 4) is 5.75 Å². The first-order chi connectivity index (χ1) is 13.3. The van der Waals surface area contributed by atoms with Crippen molar-refractivity contribution in [2.75, 3.05) is 0 Å². The highest BCUT2D eigenvalue weighted by molar-refractivity contribution is 5.84. The van der Waals surface area contributed by atoms with Crippen LogP contribution in [-0.4, -0.2) is 24.7 Å². The monoisotopic (exact) mass is 389 g/mol. The first-order valence-corrected chi connectivity index (χ1v) is 8.75. The molecule has 1 aliphatic carbocycles. The summed E-state index contributed by atoms with van der Waals surface area (Å²) in [6.07, 6.45) is -0.926. The summed E-state index contributed by atoms with van der Waals surface area (Å²) in [5.41, 5.74) is 2.38. The van der Waals surface area contributed by atoms with Gasteiger partial charge in [0.15, 0.2) is 0 Å². The molecule has 0 bridgehead atoms. The Balaban J connectivity index is 1.70. The number of hydrogen-bond donors (Lipinski definition) is 2. The average molecular weight is 389 g/mol. The third kappa shape index (κ3) is 4.39. The van der Waals surface area contributed by atoms with Gasteiger partial charge in [-0.05, 0) is 42.2 Å². The second-order valence-corrected chi connectivity index (χ2v) is 6.60. The highest BCUT2D eigenvalue weighted by atomic mass is 19.3. The second-order valence-electron chi connectivity index (χ2n) is 6.60. The summed E-state index contributed by atoms with van der Waals surface area (Å²) in [5.74, 6) is -0.853. The number of halogens is 2. The van der Waals surface area contributed by atoms with Gasteiger partial charge in [-0.15, -0.1) is 0 Å². The highest BCUT2D eigenvalue weighted by Gasteiger charge is 2.34. The minimum Gasteiger partial charge on any atom is -0.530 e. The van der Waals surface area contributed by atoms with Gasteiger partial charge in [-0.25, -0.2) is 0 Å². The molecule has 28 heavy (non-hydrogen) atoms. The summed E-state index contributed by atoms with van der Waals surface area (Å²) >= 11 is 0. The van der Waals surface area contributed by atoms with Crippen molar-refractivity contribution in [3.05, 3.63) is 65.2 Å². The fourth-order valence-corrected chi connectivity index (χ4v) is 3.43. The Kier molecular flexibility index (Phi) is 5.77. The number of benzene rings is 2. The highest BCUT2D eigenvalue weighted by Crippen LogP contribution is 2.32. The molecule has 2 N–H and O–H groups in total. The Morgan fingerprint density at radius 2 is 1.79 bits per heavy atom. The summed E-state index contributed by atoms with van der Waals surface area (Å²) < 4.78 is 28.8. The molecule has 0 saturated carbocycles. The molecule has 0 saturated heterocycles. The van der Waals surface area contributed by atoms with Crippen LogP contribution in [0.2, 0.25) is 0 Å². The first kappa shape index (κ1) is 19.6. The lowest BCUT2D eigenvalue weighted by Gasteiger charge is -2.25. The van der Waals surface area contributed by atoms with Crippen molar-refractivity contribution in [1.29, 1.82) is 0 Å². The molecule has 3 rings (SSSR count). The normalized spacial score (nSPS) is 19.0. The van der Waals surface area contributed by atoms with E-state index in [2.05, 4.69) is 15.4 Å². The largest absolute Gasteiger partial charge is 0.530 e. The van der Waals surface area contributed by atoms with Gasteiger partial charge in [0.1, 0.15) is 11.8 Å². The summed E-state index contributed by atoms with van der Waals surface area (Å²) in [7, 11) is 0. The molecule has 148 valence electrons. The molecule has 0 radical (unpaired) electrons. The minimum atomic E-state index is -2.91. The number of ether oxygens (including phenoxy) is 1. The van der Waals surface area contributed by atoms with Crippen LogP contribution in [0, 0.1) is 0 Å². The second kappa shape index (κ2) is 8.24. The Labute approximate surface area is 160 Å². The van der Waals surface area contributed by atoms with Gasteiger partial charge in [0.2, 0.25) is 5.91 Å². The number of carbonyl (C=O) groups excluding carboxylic acids is 2. The predicted octanol–water partition coefficient (Wildman–Crippen LogP) is 2.11. The van der Waals surface area contributed by atoms with Crippen molar-refractivity contribution in [1.82, 2.24) is 10.6 Å². The third-order valence-electron chi connectivity index (χ3n) is 4.83. The fourth-order valence-electron chi connectivity index (χ4n) is 3.43. The van der Waals surface area contributed by atoms with Crippen LogP contribution in [0.25, 0.3) is 0 Å². The molecule has 2 aromatic rings. The van der Waals surface area contributed by atoms with E-state index in [1.807, 2.05) is 18.2 Å². The standard InChI is InChI=1S/C20H20F2N2O4/c1-11(12-6-8-14(9-7-12)28-19(21)22)18(25)23-16-10-13-4-2-3-5-15(13)17(16)24-20(26)27/h2-9,11,16-17,19,24H,10H2,1H3,(H,23,25)(H,26,27)/p-1/t11?,16-,17-/m0/s1. The van der Waals surface area contributed by atoms with Crippen LogP contribution < -0.4 is 20.5 Å². The van der Waals surface area contributed by atoms with Crippen LogP contribution in [-0.2, 0) is 11.2 Å². The van der Waals surface area contributed by atoms with Crippen molar-refractivity contribution in [2.24, 2.45) is 0 Å². The van der Waals surface area contributed by atoms with E-state index in [1.54, 1.807) is 25.1 Å². The number of rotatable bonds is 6. The number of carboxylic acid groups (broad SMARTS) is 1. The lowest BCUT2D eigenvalue weighted by Crippen LogP contribution is -2.48. The molecule has 3 atom stereocenters. The van der Waals surface area contributed by atoms with Crippen molar-refractivity contribution < 1.29 is 28.2 Å². The van der Waals surface area contributed by atoms with E-state index in [-0.39, 0.29) is 11.7 Å². The summed E-state index contributed by atoms with van der Waals surface area (Å²) in [6.45, 7) is -1.23. The topological polar surface area (TPSA) is 90.5 Å². The SMILES string of the molecule is CC(C(=O)N[C@H]1Cc2ccccc2[C@@H]1NC(=O)[O-])c1ccc(OC(F)F)cc1. The maximum absolute atomic E-state index is 12.7.